The molecule has 3 heterocycles. The Labute approximate surface area is 193 Å². The summed E-state index contributed by atoms with van der Waals surface area (Å²) in [6.45, 7) is 11.0. The van der Waals surface area contributed by atoms with Crippen LogP contribution in [0.2, 0.25) is 10.0 Å². The van der Waals surface area contributed by atoms with Gasteiger partial charge in [-0.3, -0.25) is 9.36 Å². The molecule has 0 radical (unpaired) electrons. The van der Waals surface area contributed by atoms with Gasteiger partial charge < -0.3 is 4.74 Å². The van der Waals surface area contributed by atoms with Crippen molar-refractivity contribution < 1.29 is 4.74 Å². The van der Waals surface area contributed by atoms with Crippen LogP contribution in [0.5, 0.6) is 0 Å². The molecule has 158 valence electrons. The zero-order valence-electron chi connectivity index (χ0n) is 17.1. The third kappa shape index (κ3) is 4.34. The summed E-state index contributed by atoms with van der Waals surface area (Å²) >= 11 is 15.2. The molecule has 4 nitrogen and oxygen atoms in total. The molecule has 0 saturated heterocycles. The molecule has 0 fully saturated rings. The van der Waals surface area contributed by atoms with E-state index in [1.165, 1.54) is 11.8 Å². The lowest BCUT2D eigenvalue weighted by atomic mass is 9.94. The molecule has 8 heteroatoms. The summed E-state index contributed by atoms with van der Waals surface area (Å²) in [5, 5.41) is 2.45. The van der Waals surface area contributed by atoms with Crippen LogP contribution in [0, 0.1) is 0 Å². The quantitative estimate of drug-likeness (QED) is 0.238. The van der Waals surface area contributed by atoms with Crippen molar-refractivity contribution in [1.29, 1.82) is 0 Å². The second kappa shape index (κ2) is 8.32. The van der Waals surface area contributed by atoms with Gasteiger partial charge in [0.25, 0.3) is 5.56 Å². The van der Waals surface area contributed by atoms with Gasteiger partial charge in [0, 0.05) is 23.6 Å². The van der Waals surface area contributed by atoms with Crippen molar-refractivity contribution in [2.45, 2.75) is 56.9 Å². The van der Waals surface area contributed by atoms with Crippen molar-refractivity contribution in [1.82, 2.24) is 9.55 Å². The lowest BCUT2D eigenvalue weighted by Gasteiger charge is -2.29. The number of fused-ring (bicyclic) bond motifs is 3. The highest BCUT2D eigenvalue weighted by Gasteiger charge is 2.31. The second-order valence-electron chi connectivity index (χ2n) is 8.19. The van der Waals surface area contributed by atoms with E-state index in [4.69, 9.17) is 32.9 Å². The second-order valence-corrected chi connectivity index (χ2v) is 11.0. The number of rotatable bonds is 5. The van der Waals surface area contributed by atoms with E-state index in [1.54, 1.807) is 22.0 Å². The summed E-state index contributed by atoms with van der Waals surface area (Å²) in [7, 11) is 0. The average Bonchev–Trinajstić information content (AvgIpc) is 3.01. The average molecular weight is 481 g/mol. The van der Waals surface area contributed by atoms with Gasteiger partial charge in [0.15, 0.2) is 5.16 Å². The zero-order chi connectivity index (χ0) is 21.6. The summed E-state index contributed by atoms with van der Waals surface area (Å²) in [4.78, 5) is 20.3. The van der Waals surface area contributed by atoms with Gasteiger partial charge in [-0.15, -0.1) is 11.3 Å². The van der Waals surface area contributed by atoms with Crippen LogP contribution >= 0.6 is 46.3 Å². The van der Waals surface area contributed by atoms with Gasteiger partial charge in [0.2, 0.25) is 0 Å². The highest BCUT2D eigenvalue weighted by Crippen LogP contribution is 2.38. The minimum Gasteiger partial charge on any atom is -0.370 e. The lowest BCUT2D eigenvalue weighted by molar-refractivity contribution is -0.0379. The standard InChI is InChI=1S/C22H22Cl2N2O2S2/c1-12(2)9-26-20(27)18-14-8-22(3,4)28-10-17(14)30-19(18)25-21(26)29-11-13-5-6-15(23)16(24)7-13/h5-7H,1,8-11H2,2-4H3. The third-order valence-corrected chi connectivity index (χ3v) is 7.82. The number of halogens is 2. The smallest absolute Gasteiger partial charge is 0.263 e. The number of nitrogens with zero attached hydrogens (tertiary/aromatic N) is 2. The fraction of sp³-hybridized carbons (Fsp3) is 0.364. The van der Waals surface area contributed by atoms with Crippen LogP contribution in [0.1, 0.15) is 36.8 Å². The van der Waals surface area contributed by atoms with E-state index < -0.39 is 0 Å². The maximum absolute atomic E-state index is 13.5. The first-order chi connectivity index (χ1) is 14.1. The van der Waals surface area contributed by atoms with E-state index in [0.717, 1.165) is 31.8 Å². The predicted octanol–water partition coefficient (Wildman–Crippen LogP) is 6.48. The summed E-state index contributed by atoms with van der Waals surface area (Å²) in [5.41, 5.74) is 2.72. The van der Waals surface area contributed by atoms with Gasteiger partial charge in [-0.05, 0) is 44.0 Å². The summed E-state index contributed by atoms with van der Waals surface area (Å²) < 4.78 is 7.68. The number of allylic oxidation sites excluding steroid dienone is 1. The SMILES string of the molecule is C=C(C)Cn1c(SCc2ccc(Cl)c(Cl)c2)nc2sc3c(c2c1=O)CC(C)(C)OC3. The Morgan fingerprint density at radius 2 is 2.13 bits per heavy atom. The number of ether oxygens (including phenoxy) is 1. The molecule has 30 heavy (non-hydrogen) atoms. The Hall–Kier alpha value is -1.31. The van der Waals surface area contributed by atoms with Crippen molar-refractivity contribution in [3.63, 3.8) is 0 Å². The molecule has 0 amide bonds. The van der Waals surface area contributed by atoms with Gasteiger partial charge in [0.05, 0.1) is 27.6 Å². The van der Waals surface area contributed by atoms with Gasteiger partial charge >= 0.3 is 0 Å². The van der Waals surface area contributed by atoms with Gasteiger partial charge in [-0.2, -0.15) is 0 Å². The Bertz CT molecular complexity index is 1210. The van der Waals surface area contributed by atoms with Crippen LogP contribution in [0.25, 0.3) is 10.2 Å². The fourth-order valence-corrected chi connectivity index (χ4v) is 5.91. The van der Waals surface area contributed by atoms with Crippen molar-refractivity contribution >= 4 is 56.5 Å². The summed E-state index contributed by atoms with van der Waals surface area (Å²) in [5.74, 6) is 0.631. The number of hydrogen-bond donors (Lipinski definition) is 0. The van der Waals surface area contributed by atoms with Gasteiger partial charge in [-0.25, -0.2) is 4.98 Å². The molecule has 1 aliphatic heterocycles. The minimum atomic E-state index is -0.284. The van der Waals surface area contributed by atoms with Gasteiger partial charge in [-0.1, -0.05) is 53.2 Å². The normalized spacial score (nSPS) is 15.4. The van der Waals surface area contributed by atoms with E-state index in [1.807, 2.05) is 19.1 Å². The topological polar surface area (TPSA) is 44.1 Å². The first-order valence-corrected chi connectivity index (χ1v) is 12.1. The number of aromatic nitrogens is 2. The number of benzene rings is 1. The highest BCUT2D eigenvalue weighted by molar-refractivity contribution is 7.98. The highest BCUT2D eigenvalue weighted by atomic mass is 35.5. The number of thiophene rings is 1. The Morgan fingerprint density at radius 3 is 2.83 bits per heavy atom. The van der Waals surface area contributed by atoms with Crippen LogP contribution in [0.15, 0.2) is 40.3 Å². The third-order valence-electron chi connectivity index (χ3n) is 4.94. The molecule has 2 aromatic heterocycles. The molecule has 0 spiro atoms. The minimum absolute atomic E-state index is 0.00478. The molecule has 0 N–H and O–H groups in total. The Morgan fingerprint density at radius 1 is 1.37 bits per heavy atom. The Kier molecular flexibility index (Phi) is 6.08. The van der Waals surface area contributed by atoms with Crippen LogP contribution in [0.3, 0.4) is 0 Å². The molecular formula is C22H22Cl2N2O2S2. The number of thioether (sulfide) groups is 1. The summed E-state index contributed by atoms with van der Waals surface area (Å²) in [6, 6.07) is 5.57. The van der Waals surface area contributed by atoms with Crippen LogP contribution in [0.4, 0.5) is 0 Å². The van der Waals surface area contributed by atoms with E-state index >= 15 is 0 Å². The van der Waals surface area contributed by atoms with Crippen molar-refractivity contribution in [3.05, 3.63) is 66.8 Å². The molecule has 1 aliphatic rings. The largest absolute Gasteiger partial charge is 0.370 e. The van der Waals surface area contributed by atoms with E-state index in [9.17, 15) is 4.79 Å². The van der Waals surface area contributed by atoms with Crippen LogP contribution < -0.4 is 5.56 Å². The molecule has 1 aromatic carbocycles. The number of hydrogen-bond acceptors (Lipinski definition) is 5. The van der Waals surface area contributed by atoms with E-state index in [0.29, 0.717) is 40.5 Å². The van der Waals surface area contributed by atoms with Crippen molar-refractivity contribution in [3.8, 4) is 0 Å². The van der Waals surface area contributed by atoms with Crippen molar-refractivity contribution in [2.75, 3.05) is 0 Å². The molecule has 0 atom stereocenters. The van der Waals surface area contributed by atoms with Crippen LogP contribution in [-0.4, -0.2) is 15.2 Å². The summed E-state index contributed by atoms with van der Waals surface area (Å²) in [6.07, 6.45) is 0.710. The maximum atomic E-state index is 13.5. The van der Waals surface area contributed by atoms with Gasteiger partial charge in [0.1, 0.15) is 4.83 Å². The first-order valence-electron chi connectivity index (χ1n) is 9.55. The monoisotopic (exact) mass is 480 g/mol. The molecule has 0 aliphatic carbocycles. The molecule has 4 rings (SSSR count). The van der Waals surface area contributed by atoms with Crippen molar-refractivity contribution in [2.24, 2.45) is 0 Å². The molecule has 3 aromatic rings. The fourth-order valence-electron chi connectivity index (χ4n) is 3.50. The van der Waals surface area contributed by atoms with E-state index in [2.05, 4.69) is 20.4 Å². The molecular weight excluding hydrogens is 459 g/mol. The maximum Gasteiger partial charge on any atom is 0.263 e. The molecule has 0 unspecified atom stereocenters. The van der Waals surface area contributed by atoms with E-state index in [-0.39, 0.29) is 11.2 Å². The Balaban J connectivity index is 1.77. The lowest BCUT2D eigenvalue weighted by Crippen LogP contribution is -2.32. The predicted molar refractivity (Wildman–Crippen MR) is 127 cm³/mol. The molecule has 0 saturated carbocycles. The van der Waals surface area contributed by atoms with Crippen LogP contribution in [-0.2, 0) is 30.1 Å². The molecule has 0 bridgehead atoms. The first kappa shape index (κ1) is 21.9. The zero-order valence-corrected chi connectivity index (χ0v) is 20.2.